The fourth-order valence-electron chi connectivity index (χ4n) is 2.09. The van der Waals surface area contributed by atoms with Crippen molar-refractivity contribution in [3.05, 3.63) is 29.8 Å². The molecule has 0 saturated carbocycles. The Balaban J connectivity index is 1.75. The van der Waals surface area contributed by atoms with Gasteiger partial charge in [0.25, 0.3) is 0 Å². The average Bonchev–Trinajstić information content (AvgIpc) is 2.95. The predicted octanol–water partition coefficient (Wildman–Crippen LogP) is 0.846. The van der Waals surface area contributed by atoms with E-state index in [0.717, 1.165) is 18.6 Å². The van der Waals surface area contributed by atoms with Crippen molar-refractivity contribution in [1.29, 1.82) is 0 Å². The zero-order valence-corrected chi connectivity index (χ0v) is 12.5. The SMILES string of the molecule is NS(=O)(=O)c1ccc(CCC(=O)OCC2CCOC2)cc1. The summed E-state index contributed by atoms with van der Waals surface area (Å²) in [4.78, 5) is 11.7. The predicted molar refractivity (Wildman–Crippen MR) is 76.0 cm³/mol. The van der Waals surface area contributed by atoms with E-state index in [2.05, 4.69) is 0 Å². The Labute approximate surface area is 124 Å². The standard InChI is InChI=1S/C14H19NO5S/c15-21(17,18)13-4-1-11(2-5-13)3-6-14(16)20-10-12-7-8-19-9-12/h1-2,4-5,12H,3,6-10H2,(H2,15,17,18). The molecule has 1 unspecified atom stereocenters. The molecule has 2 rings (SSSR count). The molecular formula is C14H19NO5S. The van der Waals surface area contributed by atoms with Gasteiger partial charge in [-0.25, -0.2) is 13.6 Å². The van der Waals surface area contributed by atoms with E-state index < -0.39 is 10.0 Å². The number of carbonyl (C=O) groups is 1. The van der Waals surface area contributed by atoms with Crippen LogP contribution < -0.4 is 5.14 Å². The van der Waals surface area contributed by atoms with Crippen LogP contribution in [-0.2, 0) is 30.7 Å². The summed E-state index contributed by atoms with van der Waals surface area (Å²) in [6, 6.07) is 6.17. The van der Waals surface area contributed by atoms with Gasteiger partial charge in [0.15, 0.2) is 0 Å². The van der Waals surface area contributed by atoms with Crippen LogP contribution in [-0.4, -0.2) is 34.2 Å². The first kappa shape index (κ1) is 15.9. The average molecular weight is 313 g/mol. The Kier molecular flexibility index (Phi) is 5.33. The van der Waals surface area contributed by atoms with Gasteiger partial charge in [0.05, 0.1) is 18.1 Å². The fourth-order valence-corrected chi connectivity index (χ4v) is 2.61. The Morgan fingerprint density at radius 1 is 1.33 bits per heavy atom. The number of benzene rings is 1. The second-order valence-corrected chi connectivity index (χ2v) is 6.66. The summed E-state index contributed by atoms with van der Waals surface area (Å²) in [5.74, 6) is 0.0559. The van der Waals surface area contributed by atoms with Crippen molar-refractivity contribution in [2.24, 2.45) is 11.1 Å². The molecule has 0 spiro atoms. The molecule has 0 bridgehead atoms. The largest absolute Gasteiger partial charge is 0.465 e. The molecule has 1 heterocycles. The molecule has 1 saturated heterocycles. The molecule has 1 aromatic carbocycles. The number of esters is 1. The summed E-state index contributed by atoms with van der Waals surface area (Å²) in [6.45, 7) is 1.80. The Morgan fingerprint density at radius 2 is 2.05 bits per heavy atom. The number of hydrogen-bond donors (Lipinski definition) is 1. The number of ether oxygens (including phenoxy) is 2. The van der Waals surface area contributed by atoms with E-state index in [1.165, 1.54) is 12.1 Å². The zero-order valence-electron chi connectivity index (χ0n) is 11.7. The molecule has 0 radical (unpaired) electrons. The molecular weight excluding hydrogens is 294 g/mol. The molecule has 1 atom stereocenters. The molecule has 6 nitrogen and oxygen atoms in total. The summed E-state index contributed by atoms with van der Waals surface area (Å²) in [7, 11) is -3.67. The minimum absolute atomic E-state index is 0.0649. The first-order valence-electron chi connectivity index (χ1n) is 6.80. The lowest BCUT2D eigenvalue weighted by molar-refractivity contribution is -0.144. The van der Waals surface area contributed by atoms with Crippen LogP contribution in [0.3, 0.4) is 0 Å². The smallest absolute Gasteiger partial charge is 0.306 e. The third-order valence-corrected chi connectivity index (χ3v) is 4.30. The van der Waals surface area contributed by atoms with E-state index in [1.807, 2.05) is 0 Å². The molecule has 1 aliphatic rings. The van der Waals surface area contributed by atoms with Gasteiger partial charge in [0.1, 0.15) is 0 Å². The van der Waals surface area contributed by atoms with Crippen LogP contribution in [0.2, 0.25) is 0 Å². The van der Waals surface area contributed by atoms with E-state index in [9.17, 15) is 13.2 Å². The molecule has 1 aromatic rings. The van der Waals surface area contributed by atoms with Gasteiger partial charge in [0.2, 0.25) is 10.0 Å². The van der Waals surface area contributed by atoms with Crippen molar-refractivity contribution in [3.63, 3.8) is 0 Å². The first-order chi connectivity index (χ1) is 9.95. The van der Waals surface area contributed by atoms with Gasteiger partial charge in [-0.1, -0.05) is 12.1 Å². The van der Waals surface area contributed by atoms with Gasteiger partial charge in [-0.2, -0.15) is 0 Å². The summed E-state index contributed by atoms with van der Waals surface area (Å²) < 4.78 is 32.6. The minimum atomic E-state index is -3.67. The molecule has 0 aliphatic carbocycles. The minimum Gasteiger partial charge on any atom is -0.465 e. The van der Waals surface area contributed by atoms with E-state index >= 15 is 0 Å². The van der Waals surface area contributed by atoms with Crippen LogP contribution in [0, 0.1) is 5.92 Å². The fraction of sp³-hybridized carbons (Fsp3) is 0.500. The number of carbonyl (C=O) groups excluding carboxylic acids is 1. The van der Waals surface area contributed by atoms with Crippen molar-refractivity contribution in [2.45, 2.75) is 24.2 Å². The van der Waals surface area contributed by atoms with E-state index in [4.69, 9.17) is 14.6 Å². The van der Waals surface area contributed by atoms with Crippen LogP contribution in [0.15, 0.2) is 29.2 Å². The molecule has 1 fully saturated rings. The van der Waals surface area contributed by atoms with Crippen LogP contribution in [0.25, 0.3) is 0 Å². The molecule has 1 aliphatic heterocycles. The van der Waals surface area contributed by atoms with E-state index in [-0.39, 0.29) is 17.3 Å². The monoisotopic (exact) mass is 313 g/mol. The normalized spacial score (nSPS) is 18.6. The van der Waals surface area contributed by atoms with Gasteiger partial charge >= 0.3 is 5.97 Å². The maximum Gasteiger partial charge on any atom is 0.306 e. The first-order valence-corrected chi connectivity index (χ1v) is 8.35. The Hall–Kier alpha value is -1.44. The molecule has 116 valence electrons. The highest BCUT2D eigenvalue weighted by Crippen LogP contribution is 2.14. The van der Waals surface area contributed by atoms with Gasteiger partial charge < -0.3 is 9.47 Å². The lowest BCUT2D eigenvalue weighted by Crippen LogP contribution is -2.14. The second kappa shape index (κ2) is 7.02. The number of aryl methyl sites for hydroxylation is 1. The van der Waals surface area contributed by atoms with E-state index in [1.54, 1.807) is 12.1 Å². The summed E-state index contributed by atoms with van der Waals surface area (Å²) in [5, 5.41) is 5.02. The van der Waals surface area contributed by atoms with Crippen molar-refractivity contribution < 1.29 is 22.7 Å². The molecule has 0 aromatic heterocycles. The Bertz CT molecular complexity index is 576. The van der Waals surface area contributed by atoms with Crippen molar-refractivity contribution in [2.75, 3.05) is 19.8 Å². The van der Waals surface area contributed by atoms with E-state index in [0.29, 0.717) is 25.6 Å². The van der Waals surface area contributed by atoms with Crippen LogP contribution in [0.1, 0.15) is 18.4 Å². The zero-order chi connectivity index (χ0) is 15.3. The van der Waals surface area contributed by atoms with Crippen molar-refractivity contribution in [3.8, 4) is 0 Å². The topological polar surface area (TPSA) is 95.7 Å². The lowest BCUT2D eigenvalue weighted by Gasteiger charge is -2.09. The van der Waals surface area contributed by atoms with Crippen molar-refractivity contribution >= 4 is 16.0 Å². The van der Waals surface area contributed by atoms with Crippen LogP contribution in [0.5, 0.6) is 0 Å². The molecule has 7 heteroatoms. The van der Waals surface area contributed by atoms with Gasteiger partial charge in [-0.3, -0.25) is 4.79 Å². The number of rotatable bonds is 6. The highest BCUT2D eigenvalue weighted by atomic mass is 32.2. The summed E-state index contributed by atoms with van der Waals surface area (Å²) in [6.07, 6.45) is 1.70. The maximum atomic E-state index is 11.6. The lowest BCUT2D eigenvalue weighted by atomic mass is 10.1. The van der Waals surface area contributed by atoms with Crippen LogP contribution >= 0.6 is 0 Å². The molecule has 21 heavy (non-hydrogen) atoms. The molecule has 2 N–H and O–H groups in total. The van der Waals surface area contributed by atoms with Crippen LogP contribution in [0.4, 0.5) is 0 Å². The number of hydrogen-bond acceptors (Lipinski definition) is 5. The highest BCUT2D eigenvalue weighted by molar-refractivity contribution is 7.89. The van der Waals surface area contributed by atoms with Crippen molar-refractivity contribution in [1.82, 2.24) is 0 Å². The quantitative estimate of drug-likeness (QED) is 0.785. The second-order valence-electron chi connectivity index (χ2n) is 5.10. The van der Waals surface area contributed by atoms with Gasteiger partial charge in [0, 0.05) is 18.9 Å². The third kappa shape index (κ3) is 5.11. The van der Waals surface area contributed by atoms with Gasteiger partial charge in [-0.15, -0.1) is 0 Å². The van der Waals surface area contributed by atoms with Gasteiger partial charge in [-0.05, 0) is 30.5 Å². The maximum absolute atomic E-state index is 11.6. The number of nitrogens with two attached hydrogens (primary N) is 1. The molecule has 0 amide bonds. The Morgan fingerprint density at radius 3 is 2.62 bits per heavy atom. The third-order valence-electron chi connectivity index (χ3n) is 3.37. The number of primary sulfonamides is 1. The summed E-state index contributed by atoms with van der Waals surface area (Å²) in [5.41, 5.74) is 0.864. The highest BCUT2D eigenvalue weighted by Gasteiger charge is 2.17. The summed E-state index contributed by atoms with van der Waals surface area (Å²) >= 11 is 0. The number of sulfonamides is 1.